The fourth-order valence-electron chi connectivity index (χ4n) is 10.6. The molecule has 0 bridgehead atoms. The maximum absolute atomic E-state index is 2.43. The lowest BCUT2D eigenvalue weighted by molar-refractivity contribution is 0.661. The Morgan fingerprint density at radius 3 is 1.09 bits per heavy atom. The minimum Gasteiger partial charge on any atom is -0.311 e. The van der Waals surface area contributed by atoms with Gasteiger partial charge in [0.05, 0.1) is 0 Å². The number of hydrogen-bond donors (Lipinski definition) is 0. The van der Waals surface area contributed by atoms with Crippen LogP contribution in [0.4, 0.5) is 34.1 Å². The van der Waals surface area contributed by atoms with Crippen LogP contribution in [0.25, 0.3) is 66.4 Å². The Bertz CT molecular complexity index is 3550. The van der Waals surface area contributed by atoms with E-state index in [4.69, 9.17) is 0 Å². The highest BCUT2D eigenvalue weighted by Crippen LogP contribution is 2.53. The molecule has 1 aliphatic carbocycles. The zero-order valence-corrected chi connectivity index (χ0v) is 38.8. The number of benzene rings is 11. The zero-order chi connectivity index (χ0) is 46.3. The maximum atomic E-state index is 2.43. The van der Waals surface area contributed by atoms with Crippen molar-refractivity contribution in [2.75, 3.05) is 9.80 Å². The Morgan fingerprint density at radius 1 is 0.261 bits per heavy atom. The van der Waals surface area contributed by atoms with E-state index in [9.17, 15) is 0 Å². The van der Waals surface area contributed by atoms with E-state index < -0.39 is 0 Å². The lowest BCUT2D eigenvalue weighted by Gasteiger charge is -2.28. The number of anilines is 6. The lowest BCUT2D eigenvalue weighted by atomic mass is 9.82. The monoisotopic (exact) mass is 882 g/mol. The van der Waals surface area contributed by atoms with Gasteiger partial charge in [-0.2, -0.15) is 0 Å². The Balaban J connectivity index is 0.970. The fraction of sp³-hybridized carbons (Fsp3) is 0.0448. The maximum Gasteiger partial charge on any atom is 0.0465 e. The van der Waals surface area contributed by atoms with Crippen LogP contribution in [0.5, 0.6) is 0 Å². The van der Waals surface area contributed by atoms with Crippen molar-refractivity contribution in [1.29, 1.82) is 0 Å². The van der Waals surface area contributed by atoms with E-state index in [0.29, 0.717) is 0 Å². The Morgan fingerprint density at radius 2 is 0.623 bits per heavy atom. The molecule has 0 saturated heterocycles. The first-order chi connectivity index (χ1) is 34.0. The molecular weight excluding hydrogens is 833 g/mol. The Kier molecular flexibility index (Phi) is 10.6. The first-order valence-electron chi connectivity index (χ1n) is 23.9. The van der Waals surface area contributed by atoms with Gasteiger partial charge in [-0.05, 0) is 162 Å². The minimum atomic E-state index is -0.153. The SMILES string of the molecule is CC1(C)c2cc(N(c3ccccc3)c3ccc(-c4cc(-c5ccccc5)c(-c5ccc(N(c6ccccc6)c6ccccc6)cc5)cc4-c4ccccc4)cc3)ccc2-c2c1ccc1ccccc21. The summed E-state index contributed by atoms with van der Waals surface area (Å²) in [5, 5.41) is 2.59. The molecule has 12 rings (SSSR count). The minimum absolute atomic E-state index is 0.153. The van der Waals surface area contributed by atoms with Crippen molar-refractivity contribution < 1.29 is 0 Å². The van der Waals surface area contributed by atoms with Crippen LogP contribution >= 0.6 is 0 Å². The van der Waals surface area contributed by atoms with Crippen molar-refractivity contribution >= 4 is 44.9 Å². The molecule has 0 atom stereocenters. The molecule has 328 valence electrons. The van der Waals surface area contributed by atoms with Crippen molar-refractivity contribution in [1.82, 2.24) is 0 Å². The fourth-order valence-corrected chi connectivity index (χ4v) is 10.6. The lowest BCUT2D eigenvalue weighted by Crippen LogP contribution is -2.16. The Labute approximate surface area is 405 Å². The molecule has 0 fully saturated rings. The van der Waals surface area contributed by atoms with Gasteiger partial charge in [-0.1, -0.05) is 196 Å². The third kappa shape index (κ3) is 7.57. The molecule has 0 aliphatic heterocycles. The number of para-hydroxylation sites is 3. The summed E-state index contributed by atoms with van der Waals surface area (Å²) < 4.78 is 0. The number of hydrogen-bond acceptors (Lipinski definition) is 2. The van der Waals surface area contributed by atoms with Gasteiger partial charge in [-0.3, -0.25) is 0 Å². The Hall–Kier alpha value is -8.72. The second-order valence-corrected chi connectivity index (χ2v) is 18.5. The first kappa shape index (κ1) is 41.7. The van der Waals surface area contributed by atoms with Gasteiger partial charge in [-0.25, -0.2) is 0 Å². The first-order valence-corrected chi connectivity index (χ1v) is 23.9. The second-order valence-electron chi connectivity index (χ2n) is 18.5. The standard InChI is InChI=1S/C67H50N2/c1-67(2)64-43-36-49-24-18-19-31-58(49)66(64)59-42-41-57(44-65(59)67)69(54-29-16-7-17-30-54)56-39-34-51(35-40-56)63-46-60(47-20-8-3-9-21-47)62(45-61(63)48-22-10-4-11-23-48)50-32-37-55(38-33-50)68(52-25-12-5-13-26-52)53-27-14-6-15-28-53/h3-46H,1-2H3. The van der Waals surface area contributed by atoms with E-state index >= 15 is 0 Å². The molecule has 0 radical (unpaired) electrons. The molecule has 69 heavy (non-hydrogen) atoms. The van der Waals surface area contributed by atoms with E-state index in [1.54, 1.807) is 0 Å². The van der Waals surface area contributed by atoms with Crippen LogP contribution in [0.2, 0.25) is 0 Å². The van der Waals surface area contributed by atoms with Gasteiger partial charge in [0.15, 0.2) is 0 Å². The molecule has 0 unspecified atom stereocenters. The summed E-state index contributed by atoms with van der Waals surface area (Å²) in [6.45, 7) is 4.75. The van der Waals surface area contributed by atoms with Crippen LogP contribution in [0.1, 0.15) is 25.0 Å². The predicted molar refractivity (Wildman–Crippen MR) is 293 cm³/mol. The molecule has 1 aliphatic rings. The third-order valence-corrected chi connectivity index (χ3v) is 14.0. The van der Waals surface area contributed by atoms with Crippen LogP contribution < -0.4 is 9.80 Å². The summed E-state index contributed by atoms with van der Waals surface area (Å²) in [7, 11) is 0. The largest absolute Gasteiger partial charge is 0.311 e. The summed E-state index contributed by atoms with van der Waals surface area (Å²) >= 11 is 0. The van der Waals surface area contributed by atoms with Gasteiger partial charge < -0.3 is 9.80 Å². The van der Waals surface area contributed by atoms with Gasteiger partial charge in [0.25, 0.3) is 0 Å². The highest BCUT2D eigenvalue weighted by Gasteiger charge is 2.37. The van der Waals surface area contributed by atoms with Crippen molar-refractivity contribution in [2.24, 2.45) is 0 Å². The molecule has 2 heteroatoms. The number of rotatable bonds is 10. The van der Waals surface area contributed by atoms with E-state index in [-0.39, 0.29) is 5.41 Å². The summed E-state index contributed by atoms with van der Waals surface area (Å²) in [5.41, 5.74) is 21.4. The molecule has 0 heterocycles. The van der Waals surface area contributed by atoms with E-state index in [1.807, 2.05) is 0 Å². The smallest absolute Gasteiger partial charge is 0.0465 e. The van der Waals surface area contributed by atoms with E-state index in [1.165, 1.54) is 66.4 Å². The number of nitrogens with zero attached hydrogens (tertiary/aromatic N) is 2. The highest BCUT2D eigenvalue weighted by atomic mass is 15.1. The molecule has 0 aromatic heterocycles. The van der Waals surface area contributed by atoms with Crippen molar-refractivity contribution in [3.8, 4) is 55.6 Å². The summed E-state index contributed by atoms with van der Waals surface area (Å²) in [4.78, 5) is 4.72. The normalized spacial score (nSPS) is 12.3. The molecule has 0 spiro atoms. The average molecular weight is 883 g/mol. The van der Waals surface area contributed by atoms with Gasteiger partial charge in [-0.15, -0.1) is 0 Å². The third-order valence-electron chi connectivity index (χ3n) is 14.0. The molecule has 0 saturated carbocycles. The van der Waals surface area contributed by atoms with Crippen LogP contribution in [0.15, 0.2) is 267 Å². The predicted octanol–water partition coefficient (Wildman–Crippen LogP) is 18.8. The van der Waals surface area contributed by atoms with Gasteiger partial charge in [0.1, 0.15) is 0 Å². The summed E-state index contributed by atoms with van der Waals surface area (Å²) in [5.74, 6) is 0. The van der Waals surface area contributed by atoms with E-state index in [0.717, 1.165) is 45.3 Å². The number of fused-ring (bicyclic) bond motifs is 5. The van der Waals surface area contributed by atoms with Crippen LogP contribution in [-0.4, -0.2) is 0 Å². The zero-order valence-electron chi connectivity index (χ0n) is 38.8. The molecule has 0 N–H and O–H groups in total. The molecular formula is C67H50N2. The molecule has 0 amide bonds. The van der Waals surface area contributed by atoms with Gasteiger partial charge >= 0.3 is 0 Å². The van der Waals surface area contributed by atoms with Crippen molar-refractivity contribution in [3.05, 3.63) is 278 Å². The van der Waals surface area contributed by atoms with Crippen molar-refractivity contribution in [3.63, 3.8) is 0 Å². The van der Waals surface area contributed by atoms with E-state index in [2.05, 4.69) is 291 Å². The van der Waals surface area contributed by atoms with Crippen molar-refractivity contribution in [2.45, 2.75) is 19.3 Å². The summed E-state index contributed by atoms with van der Waals surface area (Å²) in [6, 6.07) is 97.2. The second kappa shape index (κ2) is 17.5. The van der Waals surface area contributed by atoms with Crippen LogP contribution in [0.3, 0.4) is 0 Å². The quantitative estimate of drug-likeness (QED) is 0.135. The van der Waals surface area contributed by atoms with Crippen LogP contribution in [-0.2, 0) is 5.41 Å². The van der Waals surface area contributed by atoms with Crippen LogP contribution in [0, 0.1) is 0 Å². The molecule has 2 nitrogen and oxygen atoms in total. The average Bonchev–Trinajstić information content (AvgIpc) is 3.65. The topological polar surface area (TPSA) is 6.48 Å². The molecule has 11 aromatic carbocycles. The molecule has 11 aromatic rings. The van der Waals surface area contributed by atoms with Gasteiger partial charge in [0.2, 0.25) is 0 Å². The van der Waals surface area contributed by atoms with Gasteiger partial charge in [0, 0.05) is 39.5 Å². The summed E-state index contributed by atoms with van der Waals surface area (Å²) in [6.07, 6.45) is 0. The highest BCUT2D eigenvalue weighted by molar-refractivity contribution is 6.03.